The molecule has 0 atom stereocenters. The van der Waals surface area contributed by atoms with E-state index in [1.54, 1.807) is 4.88 Å². The smallest absolute Gasteiger partial charge is 0.00771 e. The van der Waals surface area contributed by atoms with Crippen LogP contribution in [0.25, 0.3) is 0 Å². The Morgan fingerprint density at radius 1 is 1.55 bits per heavy atom. The van der Waals surface area contributed by atoms with E-state index in [0.29, 0.717) is 0 Å². The minimum Gasteiger partial charge on any atom is -0.149 e. The zero-order valence-corrected chi connectivity index (χ0v) is 7.79. The number of rotatable bonds is 2. The highest BCUT2D eigenvalue weighted by Crippen LogP contribution is 2.32. The Kier molecular flexibility index (Phi) is 1.99. The van der Waals surface area contributed by atoms with Gasteiger partial charge in [-0.3, -0.25) is 0 Å². The summed E-state index contributed by atoms with van der Waals surface area (Å²) in [4.78, 5) is 1.62. The van der Waals surface area contributed by atoms with Crippen molar-refractivity contribution in [3.05, 3.63) is 21.9 Å². The second kappa shape index (κ2) is 2.98. The van der Waals surface area contributed by atoms with Crippen LogP contribution in [0.2, 0.25) is 0 Å². The number of thiophene rings is 1. The van der Waals surface area contributed by atoms with Crippen LogP contribution in [-0.2, 0) is 6.42 Å². The first kappa shape index (κ1) is 7.35. The van der Waals surface area contributed by atoms with Crippen molar-refractivity contribution in [1.82, 2.24) is 0 Å². The third kappa shape index (κ3) is 1.48. The molecule has 11 heavy (non-hydrogen) atoms. The fourth-order valence-corrected chi connectivity index (χ4v) is 2.59. The normalized spacial score (nSPS) is 18.3. The SMILES string of the molecule is Cc1ccsc1CC1CCC1. The predicted molar refractivity (Wildman–Crippen MR) is 50.1 cm³/mol. The molecule has 0 saturated heterocycles. The van der Waals surface area contributed by atoms with Gasteiger partial charge >= 0.3 is 0 Å². The maximum atomic E-state index is 2.23. The van der Waals surface area contributed by atoms with Crippen LogP contribution in [-0.4, -0.2) is 0 Å². The molecule has 2 rings (SSSR count). The molecule has 1 saturated carbocycles. The molecule has 1 heterocycles. The highest BCUT2D eigenvalue weighted by atomic mass is 32.1. The van der Waals surface area contributed by atoms with E-state index >= 15 is 0 Å². The van der Waals surface area contributed by atoms with Crippen LogP contribution >= 0.6 is 11.3 Å². The first-order valence-corrected chi connectivity index (χ1v) is 5.27. The predicted octanol–water partition coefficient (Wildman–Crippen LogP) is 3.40. The molecule has 1 fully saturated rings. The minimum atomic E-state index is 1.02. The molecule has 1 heteroatoms. The van der Waals surface area contributed by atoms with Crippen molar-refractivity contribution >= 4 is 11.3 Å². The van der Waals surface area contributed by atoms with Gasteiger partial charge in [0.15, 0.2) is 0 Å². The van der Waals surface area contributed by atoms with E-state index in [2.05, 4.69) is 18.4 Å². The Bertz CT molecular complexity index is 233. The number of hydrogen-bond acceptors (Lipinski definition) is 1. The van der Waals surface area contributed by atoms with Crippen LogP contribution < -0.4 is 0 Å². The van der Waals surface area contributed by atoms with Gasteiger partial charge in [0.05, 0.1) is 0 Å². The van der Waals surface area contributed by atoms with Crippen molar-refractivity contribution in [3.63, 3.8) is 0 Å². The van der Waals surface area contributed by atoms with Gasteiger partial charge in [0.2, 0.25) is 0 Å². The first-order valence-electron chi connectivity index (χ1n) is 4.39. The van der Waals surface area contributed by atoms with E-state index in [0.717, 1.165) is 5.92 Å². The molecule has 1 aliphatic rings. The molecule has 0 bridgehead atoms. The summed E-state index contributed by atoms with van der Waals surface area (Å²) in [6.45, 7) is 2.23. The molecule has 0 N–H and O–H groups in total. The topological polar surface area (TPSA) is 0 Å². The first-order chi connectivity index (χ1) is 5.36. The second-order valence-corrected chi connectivity index (χ2v) is 4.53. The van der Waals surface area contributed by atoms with Gasteiger partial charge in [-0.1, -0.05) is 19.3 Å². The Labute approximate surface area is 72.3 Å². The third-order valence-electron chi connectivity index (χ3n) is 2.67. The molecule has 60 valence electrons. The summed E-state index contributed by atoms with van der Waals surface area (Å²) in [6.07, 6.45) is 5.76. The Morgan fingerprint density at radius 2 is 2.36 bits per heavy atom. The fraction of sp³-hybridized carbons (Fsp3) is 0.600. The summed E-state index contributed by atoms with van der Waals surface area (Å²) >= 11 is 1.93. The van der Waals surface area contributed by atoms with E-state index in [4.69, 9.17) is 0 Å². The molecule has 0 nitrogen and oxygen atoms in total. The molecule has 0 aliphatic heterocycles. The molecule has 1 aromatic heterocycles. The zero-order valence-electron chi connectivity index (χ0n) is 6.97. The maximum absolute atomic E-state index is 2.23. The summed E-state index contributed by atoms with van der Waals surface area (Å²) in [5.74, 6) is 1.02. The van der Waals surface area contributed by atoms with Gasteiger partial charge < -0.3 is 0 Å². The molecule has 0 amide bonds. The second-order valence-electron chi connectivity index (χ2n) is 3.53. The lowest BCUT2D eigenvalue weighted by Gasteiger charge is -2.24. The van der Waals surface area contributed by atoms with Crippen molar-refractivity contribution in [2.75, 3.05) is 0 Å². The van der Waals surface area contributed by atoms with Crippen molar-refractivity contribution in [1.29, 1.82) is 0 Å². The lowest BCUT2D eigenvalue weighted by Crippen LogP contribution is -2.13. The van der Waals surface area contributed by atoms with Crippen LogP contribution in [0.1, 0.15) is 29.7 Å². The largest absolute Gasteiger partial charge is 0.149 e. The molecule has 0 aromatic carbocycles. The lowest BCUT2D eigenvalue weighted by atomic mass is 9.82. The lowest BCUT2D eigenvalue weighted by molar-refractivity contribution is 0.316. The summed E-state index contributed by atoms with van der Waals surface area (Å²) < 4.78 is 0. The van der Waals surface area contributed by atoms with Crippen molar-refractivity contribution in [2.24, 2.45) is 5.92 Å². The average Bonchev–Trinajstić information content (AvgIpc) is 2.27. The molecular weight excluding hydrogens is 152 g/mol. The zero-order chi connectivity index (χ0) is 7.68. The quantitative estimate of drug-likeness (QED) is 0.631. The molecule has 0 radical (unpaired) electrons. The van der Waals surface area contributed by atoms with Crippen LogP contribution in [0.3, 0.4) is 0 Å². The van der Waals surface area contributed by atoms with E-state index in [1.165, 1.54) is 31.2 Å². The minimum absolute atomic E-state index is 1.02. The van der Waals surface area contributed by atoms with Gasteiger partial charge in [-0.05, 0) is 36.3 Å². The van der Waals surface area contributed by atoms with Gasteiger partial charge in [-0.15, -0.1) is 11.3 Å². The molecule has 0 unspecified atom stereocenters. The van der Waals surface area contributed by atoms with Gasteiger partial charge in [0.1, 0.15) is 0 Å². The van der Waals surface area contributed by atoms with Crippen molar-refractivity contribution in [3.8, 4) is 0 Å². The Hall–Kier alpha value is -0.300. The monoisotopic (exact) mass is 166 g/mol. The van der Waals surface area contributed by atoms with E-state index in [1.807, 2.05) is 11.3 Å². The van der Waals surface area contributed by atoms with Crippen LogP contribution in [0.4, 0.5) is 0 Å². The Morgan fingerprint density at radius 3 is 2.82 bits per heavy atom. The van der Waals surface area contributed by atoms with Crippen LogP contribution in [0.5, 0.6) is 0 Å². The van der Waals surface area contributed by atoms with Crippen LogP contribution in [0, 0.1) is 12.8 Å². The van der Waals surface area contributed by atoms with E-state index in [9.17, 15) is 0 Å². The van der Waals surface area contributed by atoms with Crippen molar-refractivity contribution < 1.29 is 0 Å². The molecule has 1 aliphatic carbocycles. The van der Waals surface area contributed by atoms with Gasteiger partial charge in [-0.2, -0.15) is 0 Å². The van der Waals surface area contributed by atoms with E-state index in [-0.39, 0.29) is 0 Å². The third-order valence-corrected chi connectivity index (χ3v) is 3.71. The highest BCUT2D eigenvalue weighted by molar-refractivity contribution is 7.10. The number of hydrogen-bond donors (Lipinski definition) is 0. The van der Waals surface area contributed by atoms with Crippen LogP contribution in [0.15, 0.2) is 11.4 Å². The number of aryl methyl sites for hydroxylation is 1. The maximum Gasteiger partial charge on any atom is 0.00771 e. The summed E-state index contributed by atoms with van der Waals surface area (Å²) in [5, 5.41) is 2.21. The fourth-order valence-electron chi connectivity index (χ4n) is 1.57. The van der Waals surface area contributed by atoms with Gasteiger partial charge in [0.25, 0.3) is 0 Å². The van der Waals surface area contributed by atoms with E-state index < -0.39 is 0 Å². The summed E-state index contributed by atoms with van der Waals surface area (Å²) in [6, 6.07) is 2.23. The summed E-state index contributed by atoms with van der Waals surface area (Å²) in [5.41, 5.74) is 1.50. The average molecular weight is 166 g/mol. The van der Waals surface area contributed by atoms with Gasteiger partial charge in [0, 0.05) is 4.88 Å². The molecular formula is C10H14S. The summed E-state index contributed by atoms with van der Waals surface area (Å²) in [7, 11) is 0. The van der Waals surface area contributed by atoms with Gasteiger partial charge in [-0.25, -0.2) is 0 Å². The highest BCUT2D eigenvalue weighted by Gasteiger charge is 2.18. The molecule has 0 spiro atoms. The molecule has 1 aromatic rings. The van der Waals surface area contributed by atoms with Crippen molar-refractivity contribution in [2.45, 2.75) is 32.6 Å². The standard InChI is InChI=1S/C10H14S/c1-8-5-6-11-10(8)7-9-3-2-4-9/h5-6,9H,2-4,7H2,1H3. The Balaban J connectivity index is 1.99.